The number of nitrogens with two attached hydrogens (primary N) is 1. The van der Waals surface area contributed by atoms with Crippen molar-refractivity contribution >= 4 is 11.6 Å². The summed E-state index contributed by atoms with van der Waals surface area (Å²) in [5.41, 5.74) is 7.83. The summed E-state index contributed by atoms with van der Waals surface area (Å²) >= 11 is 0. The Morgan fingerprint density at radius 3 is 2.37 bits per heavy atom. The van der Waals surface area contributed by atoms with Crippen LogP contribution in [0.2, 0.25) is 0 Å². The molecule has 4 heteroatoms. The molecule has 1 aliphatic heterocycles. The molecule has 1 aromatic carbocycles. The Morgan fingerprint density at radius 2 is 1.84 bits per heavy atom. The van der Waals surface area contributed by atoms with Gasteiger partial charge in [-0.2, -0.15) is 0 Å². The number of quaternary nitrogens is 1. The number of rotatable bonds is 4. The maximum Gasteiger partial charge on any atom is 0.223 e. The second-order valence-electron chi connectivity index (χ2n) is 5.83. The first-order valence-corrected chi connectivity index (χ1v) is 6.92. The number of piperazine rings is 1. The Morgan fingerprint density at radius 1 is 1.26 bits per heavy atom. The van der Waals surface area contributed by atoms with Crippen molar-refractivity contribution in [1.82, 2.24) is 0 Å². The number of primary amides is 1. The zero-order valence-corrected chi connectivity index (χ0v) is 11.9. The molecule has 1 heterocycles. The van der Waals surface area contributed by atoms with E-state index in [1.165, 1.54) is 11.3 Å². The number of benzene rings is 1. The van der Waals surface area contributed by atoms with Crippen LogP contribution in [0.1, 0.15) is 12.0 Å². The minimum Gasteiger partial charge on any atom is -0.369 e. The fraction of sp³-hybridized carbons (Fsp3) is 0.533. The first kappa shape index (κ1) is 13.9. The highest BCUT2D eigenvalue weighted by atomic mass is 16.1. The standard InChI is InChI=1S/C15H23N3O/c1-13-3-5-14(6-4-13)17-8-11-18(2,12-9-17)10-7-15(16)19/h3-6H,7-12H2,1-2H3,(H-,16,19)/p+1. The highest BCUT2D eigenvalue weighted by Gasteiger charge is 2.28. The SMILES string of the molecule is Cc1ccc(N2CC[N+](C)(CCC(N)=O)CC2)cc1. The molecular formula is C15H24N3O+. The van der Waals surface area contributed by atoms with Crippen LogP contribution in [0, 0.1) is 6.92 Å². The normalized spacial score (nSPS) is 18.3. The van der Waals surface area contributed by atoms with Crippen molar-refractivity contribution in [1.29, 1.82) is 0 Å². The third-order valence-electron chi connectivity index (χ3n) is 4.12. The van der Waals surface area contributed by atoms with Gasteiger partial charge < -0.3 is 15.1 Å². The molecule has 1 fully saturated rings. The van der Waals surface area contributed by atoms with Gasteiger partial charge in [0.05, 0.1) is 46.2 Å². The molecule has 0 atom stereocenters. The summed E-state index contributed by atoms with van der Waals surface area (Å²) in [6.07, 6.45) is 0.487. The maximum atomic E-state index is 10.9. The van der Waals surface area contributed by atoms with Crippen LogP contribution in [-0.4, -0.2) is 50.2 Å². The predicted molar refractivity (Wildman–Crippen MR) is 78.0 cm³/mol. The Kier molecular flexibility index (Phi) is 4.10. The smallest absolute Gasteiger partial charge is 0.223 e. The summed E-state index contributed by atoms with van der Waals surface area (Å²) in [4.78, 5) is 13.3. The molecule has 4 nitrogen and oxygen atoms in total. The highest BCUT2D eigenvalue weighted by Crippen LogP contribution is 2.19. The third-order valence-corrected chi connectivity index (χ3v) is 4.12. The lowest BCUT2D eigenvalue weighted by atomic mass is 10.1. The molecule has 1 saturated heterocycles. The van der Waals surface area contributed by atoms with Gasteiger partial charge in [-0.25, -0.2) is 0 Å². The second-order valence-corrected chi connectivity index (χ2v) is 5.83. The van der Waals surface area contributed by atoms with Gasteiger partial charge in [0.15, 0.2) is 0 Å². The van der Waals surface area contributed by atoms with Gasteiger partial charge in [0, 0.05) is 5.69 Å². The fourth-order valence-electron chi connectivity index (χ4n) is 2.57. The summed E-state index contributed by atoms with van der Waals surface area (Å²) in [6.45, 7) is 7.19. The van der Waals surface area contributed by atoms with Crippen molar-refractivity contribution in [2.45, 2.75) is 13.3 Å². The molecule has 0 aromatic heterocycles. The van der Waals surface area contributed by atoms with Crippen LogP contribution in [-0.2, 0) is 4.79 Å². The molecule has 1 aromatic rings. The minimum atomic E-state index is -0.194. The molecule has 0 bridgehead atoms. The zero-order chi connectivity index (χ0) is 13.9. The number of anilines is 1. The van der Waals surface area contributed by atoms with Crippen molar-refractivity contribution in [2.24, 2.45) is 5.73 Å². The summed E-state index contributed by atoms with van der Waals surface area (Å²) in [7, 11) is 2.22. The van der Waals surface area contributed by atoms with Crippen LogP contribution in [0.4, 0.5) is 5.69 Å². The number of hydrogen-bond donors (Lipinski definition) is 1. The number of carbonyl (C=O) groups is 1. The monoisotopic (exact) mass is 262 g/mol. The summed E-state index contributed by atoms with van der Waals surface area (Å²) in [5.74, 6) is -0.194. The van der Waals surface area contributed by atoms with Gasteiger partial charge >= 0.3 is 0 Å². The van der Waals surface area contributed by atoms with E-state index in [1.807, 2.05) is 0 Å². The number of likely N-dealkylation sites (N-methyl/N-ethyl adjacent to an activating group) is 1. The van der Waals surface area contributed by atoms with Crippen LogP contribution in [0.5, 0.6) is 0 Å². The van der Waals surface area contributed by atoms with Crippen molar-refractivity contribution in [3.05, 3.63) is 29.8 Å². The van der Waals surface area contributed by atoms with Crippen molar-refractivity contribution < 1.29 is 9.28 Å². The van der Waals surface area contributed by atoms with E-state index >= 15 is 0 Å². The zero-order valence-electron chi connectivity index (χ0n) is 11.9. The quantitative estimate of drug-likeness (QED) is 0.827. The molecule has 2 rings (SSSR count). The fourth-order valence-corrected chi connectivity index (χ4v) is 2.57. The molecule has 0 spiro atoms. The van der Waals surface area contributed by atoms with Crippen molar-refractivity contribution in [2.75, 3.05) is 44.7 Å². The number of carbonyl (C=O) groups excluding carboxylic acids is 1. The van der Waals surface area contributed by atoms with E-state index in [-0.39, 0.29) is 5.91 Å². The topological polar surface area (TPSA) is 46.3 Å². The summed E-state index contributed by atoms with van der Waals surface area (Å²) < 4.78 is 0.950. The van der Waals surface area contributed by atoms with Gasteiger partial charge in [-0.3, -0.25) is 4.79 Å². The first-order chi connectivity index (χ1) is 8.98. The van der Waals surface area contributed by atoms with Gasteiger partial charge in [-0.15, -0.1) is 0 Å². The first-order valence-electron chi connectivity index (χ1n) is 6.92. The maximum absolute atomic E-state index is 10.9. The number of amides is 1. The van der Waals surface area contributed by atoms with E-state index in [1.54, 1.807) is 0 Å². The Hall–Kier alpha value is -1.55. The van der Waals surface area contributed by atoms with Gasteiger partial charge in [0.2, 0.25) is 5.91 Å². The molecule has 104 valence electrons. The van der Waals surface area contributed by atoms with Crippen LogP contribution in [0.3, 0.4) is 0 Å². The van der Waals surface area contributed by atoms with Gasteiger partial charge in [-0.1, -0.05) is 17.7 Å². The lowest BCUT2D eigenvalue weighted by Gasteiger charge is -2.42. The van der Waals surface area contributed by atoms with Crippen molar-refractivity contribution in [3.63, 3.8) is 0 Å². The van der Waals surface area contributed by atoms with Crippen LogP contribution in [0.15, 0.2) is 24.3 Å². The third kappa shape index (κ3) is 3.70. The molecule has 1 amide bonds. The second kappa shape index (κ2) is 5.61. The molecule has 0 saturated carbocycles. The van der Waals surface area contributed by atoms with Crippen LogP contribution >= 0.6 is 0 Å². The molecule has 2 N–H and O–H groups in total. The summed E-state index contributed by atoms with van der Waals surface area (Å²) in [6, 6.07) is 8.69. The molecule has 19 heavy (non-hydrogen) atoms. The Bertz CT molecular complexity index is 433. The van der Waals surface area contributed by atoms with Gasteiger partial charge in [0.1, 0.15) is 0 Å². The van der Waals surface area contributed by atoms with E-state index in [2.05, 4.69) is 43.1 Å². The van der Waals surface area contributed by atoms with Crippen LogP contribution in [0.25, 0.3) is 0 Å². The van der Waals surface area contributed by atoms with Crippen molar-refractivity contribution in [3.8, 4) is 0 Å². The van der Waals surface area contributed by atoms with E-state index in [0.717, 1.165) is 37.2 Å². The van der Waals surface area contributed by atoms with E-state index < -0.39 is 0 Å². The lowest BCUT2D eigenvalue weighted by Crippen LogP contribution is -2.58. The van der Waals surface area contributed by atoms with E-state index in [4.69, 9.17) is 5.73 Å². The average Bonchev–Trinajstić information content (AvgIpc) is 2.39. The molecule has 0 unspecified atom stereocenters. The lowest BCUT2D eigenvalue weighted by molar-refractivity contribution is -0.909. The van der Waals surface area contributed by atoms with E-state index in [0.29, 0.717) is 6.42 Å². The predicted octanol–water partition coefficient (Wildman–Crippen LogP) is 1.14. The highest BCUT2D eigenvalue weighted by molar-refractivity contribution is 5.73. The minimum absolute atomic E-state index is 0.194. The largest absolute Gasteiger partial charge is 0.369 e. The summed E-state index contributed by atoms with van der Waals surface area (Å²) in [5, 5.41) is 0. The van der Waals surface area contributed by atoms with E-state index in [9.17, 15) is 4.79 Å². The Balaban J connectivity index is 1.91. The Labute approximate surface area is 115 Å². The average molecular weight is 262 g/mol. The number of aryl methyl sites for hydroxylation is 1. The number of hydrogen-bond acceptors (Lipinski definition) is 2. The molecule has 0 radical (unpaired) electrons. The van der Waals surface area contributed by atoms with Crippen LogP contribution < -0.4 is 10.6 Å². The number of nitrogens with zero attached hydrogens (tertiary/aromatic N) is 2. The van der Waals surface area contributed by atoms with Gasteiger partial charge in [0.25, 0.3) is 0 Å². The molecular weight excluding hydrogens is 238 g/mol. The molecule has 0 aliphatic carbocycles. The van der Waals surface area contributed by atoms with Gasteiger partial charge in [-0.05, 0) is 19.1 Å². The molecule has 1 aliphatic rings.